The molecule has 0 unspecified atom stereocenters. The molecular formula is C19H15ClN6O2. The minimum Gasteiger partial charge on any atom is -0.399 e. The highest BCUT2D eigenvalue weighted by molar-refractivity contribution is 6.30. The molecule has 1 heterocycles. The minimum atomic E-state index is -1.91. The maximum Gasteiger partial charge on any atom is 0.274 e. The van der Waals surface area contributed by atoms with E-state index in [0.29, 0.717) is 18.7 Å². The Bertz CT molecular complexity index is 1040. The maximum absolute atomic E-state index is 11.7. The third-order valence-corrected chi connectivity index (χ3v) is 5.61. The molecule has 2 N–H and O–H groups in total. The summed E-state index contributed by atoms with van der Waals surface area (Å²) < 4.78 is 0. The van der Waals surface area contributed by atoms with Gasteiger partial charge in [0.25, 0.3) is 5.69 Å². The van der Waals surface area contributed by atoms with Crippen LogP contribution in [0.3, 0.4) is 0 Å². The number of nitrogens with two attached hydrogens (primary N) is 1. The second-order valence-electron chi connectivity index (χ2n) is 6.86. The SMILES string of the molecule is CN1CC=C2C(C#N)=C(N)C(C#N)(C#N)[C@H](c3ccc(Cl)cc3[N+](=O)[O-])[C@H]2C1. The highest BCUT2D eigenvalue weighted by Gasteiger charge is 2.55. The van der Waals surface area contributed by atoms with Crippen LogP contribution in [0.15, 0.2) is 41.1 Å². The first-order valence-corrected chi connectivity index (χ1v) is 8.74. The van der Waals surface area contributed by atoms with E-state index in [4.69, 9.17) is 17.3 Å². The summed E-state index contributed by atoms with van der Waals surface area (Å²) in [4.78, 5) is 13.1. The van der Waals surface area contributed by atoms with Crippen LogP contribution in [-0.4, -0.2) is 30.0 Å². The van der Waals surface area contributed by atoms with Crippen molar-refractivity contribution in [2.24, 2.45) is 17.1 Å². The molecule has 0 radical (unpaired) electrons. The molecule has 8 nitrogen and oxygen atoms in total. The normalized spacial score (nSPS) is 23.6. The van der Waals surface area contributed by atoms with Crippen LogP contribution in [0.25, 0.3) is 0 Å². The largest absolute Gasteiger partial charge is 0.399 e. The summed E-state index contributed by atoms with van der Waals surface area (Å²) in [7, 11) is 1.86. The van der Waals surface area contributed by atoms with E-state index in [1.54, 1.807) is 0 Å². The fourth-order valence-corrected chi connectivity index (χ4v) is 4.27. The zero-order valence-electron chi connectivity index (χ0n) is 14.9. The van der Waals surface area contributed by atoms with E-state index in [0.717, 1.165) is 0 Å². The quantitative estimate of drug-likeness (QED) is 0.599. The summed E-state index contributed by atoms with van der Waals surface area (Å²) >= 11 is 5.94. The van der Waals surface area contributed by atoms with Gasteiger partial charge in [0.15, 0.2) is 5.41 Å². The first-order chi connectivity index (χ1) is 13.3. The molecule has 140 valence electrons. The van der Waals surface area contributed by atoms with Crippen LogP contribution in [0.1, 0.15) is 11.5 Å². The van der Waals surface area contributed by atoms with Gasteiger partial charge in [0.05, 0.1) is 28.3 Å². The van der Waals surface area contributed by atoms with Crippen LogP contribution >= 0.6 is 11.6 Å². The Morgan fingerprint density at radius 2 is 2.04 bits per heavy atom. The summed E-state index contributed by atoms with van der Waals surface area (Å²) in [5.74, 6) is -1.41. The van der Waals surface area contributed by atoms with Gasteiger partial charge in [0.1, 0.15) is 6.07 Å². The van der Waals surface area contributed by atoms with Crippen LogP contribution in [0.4, 0.5) is 5.69 Å². The number of nitro benzene ring substituents is 1. The average Bonchev–Trinajstić information content (AvgIpc) is 2.67. The van der Waals surface area contributed by atoms with Crippen LogP contribution < -0.4 is 5.73 Å². The lowest BCUT2D eigenvalue weighted by Gasteiger charge is -2.44. The summed E-state index contributed by atoms with van der Waals surface area (Å²) in [5.41, 5.74) is 4.74. The highest BCUT2D eigenvalue weighted by Crippen LogP contribution is 2.55. The lowest BCUT2D eigenvalue weighted by molar-refractivity contribution is -0.385. The number of rotatable bonds is 2. The number of nitriles is 3. The Morgan fingerprint density at radius 1 is 1.36 bits per heavy atom. The average molecular weight is 395 g/mol. The standard InChI is InChI=1S/C19H15ClN6O2/c1-25-5-4-12-14(7-21)18(24)19(9-22,10-23)17(15(12)8-25)13-3-2-11(20)6-16(13)26(27)28/h2-4,6,15,17H,5,8,24H2,1H3/t15-,17+/m0/s1. The molecule has 0 saturated heterocycles. The van der Waals surface area contributed by atoms with Crippen LogP contribution in [0.5, 0.6) is 0 Å². The van der Waals surface area contributed by atoms with Gasteiger partial charge in [-0.05, 0) is 18.7 Å². The number of halogens is 1. The predicted octanol–water partition coefficient (Wildman–Crippen LogP) is 2.60. The fourth-order valence-electron chi connectivity index (χ4n) is 4.11. The summed E-state index contributed by atoms with van der Waals surface area (Å²) in [6, 6.07) is 10.1. The molecular weight excluding hydrogens is 380 g/mol. The van der Waals surface area contributed by atoms with E-state index in [1.807, 2.05) is 36.2 Å². The topological polar surface area (TPSA) is 144 Å². The van der Waals surface area contributed by atoms with Gasteiger partial charge in [-0.1, -0.05) is 23.7 Å². The molecule has 28 heavy (non-hydrogen) atoms. The van der Waals surface area contributed by atoms with Gasteiger partial charge in [-0.15, -0.1) is 0 Å². The van der Waals surface area contributed by atoms with Gasteiger partial charge >= 0.3 is 0 Å². The number of nitrogens with zero attached hydrogens (tertiary/aromatic N) is 5. The predicted molar refractivity (Wildman–Crippen MR) is 100 cm³/mol. The van der Waals surface area contributed by atoms with Gasteiger partial charge in [-0.25, -0.2) is 0 Å². The van der Waals surface area contributed by atoms with E-state index >= 15 is 0 Å². The molecule has 2 aliphatic rings. The third kappa shape index (κ3) is 2.70. The van der Waals surface area contributed by atoms with Crippen molar-refractivity contribution in [2.75, 3.05) is 20.1 Å². The number of hydrogen-bond donors (Lipinski definition) is 1. The zero-order valence-corrected chi connectivity index (χ0v) is 15.6. The highest BCUT2D eigenvalue weighted by atomic mass is 35.5. The molecule has 1 aliphatic carbocycles. The summed E-state index contributed by atoms with van der Waals surface area (Å²) in [6.45, 7) is 0.978. The molecule has 1 aromatic carbocycles. The number of likely N-dealkylation sites (N-methyl/N-ethyl adjacent to an activating group) is 1. The molecule has 1 aliphatic heterocycles. The monoisotopic (exact) mass is 394 g/mol. The van der Waals surface area contributed by atoms with E-state index < -0.39 is 22.2 Å². The second-order valence-corrected chi connectivity index (χ2v) is 7.29. The van der Waals surface area contributed by atoms with E-state index in [-0.39, 0.29) is 27.5 Å². The molecule has 0 spiro atoms. The van der Waals surface area contributed by atoms with Crippen molar-refractivity contribution in [1.82, 2.24) is 4.90 Å². The Balaban J connectivity index is 2.41. The van der Waals surface area contributed by atoms with Gasteiger partial charge in [0.2, 0.25) is 0 Å². The molecule has 0 aromatic heterocycles. The number of fused-ring (bicyclic) bond motifs is 1. The smallest absolute Gasteiger partial charge is 0.274 e. The Kier molecular flexibility index (Phi) is 4.83. The van der Waals surface area contributed by atoms with Gasteiger partial charge in [-0.3, -0.25) is 10.1 Å². The molecule has 9 heteroatoms. The van der Waals surface area contributed by atoms with Gasteiger partial charge in [-0.2, -0.15) is 15.8 Å². The van der Waals surface area contributed by atoms with E-state index in [1.165, 1.54) is 18.2 Å². The zero-order chi connectivity index (χ0) is 20.6. The van der Waals surface area contributed by atoms with Crippen molar-refractivity contribution in [2.45, 2.75) is 5.92 Å². The van der Waals surface area contributed by atoms with E-state index in [9.17, 15) is 25.9 Å². The van der Waals surface area contributed by atoms with Crippen molar-refractivity contribution < 1.29 is 4.92 Å². The molecule has 0 bridgehead atoms. The Morgan fingerprint density at radius 3 is 2.61 bits per heavy atom. The molecule has 3 rings (SSSR count). The Labute approximate surface area is 166 Å². The molecule has 0 fully saturated rings. The molecule has 0 saturated carbocycles. The van der Waals surface area contributed by atoms with Crippen molar-refractivity contribution in [3.05, 3.63) is 61.8 Å². The summed E-state index contributed by atoms with van der Waals surface area (Å²) in [6.07, 6.45) is 1.83. The van der Waals surface area contributed by atoms with Crippen molar-refractivity contribution in [3.8, 4) is 18.2 Å². The number of benzene rings is 1. The van der Waals surface area contributed by atoms with Crippen LogP contribution in [0, 0.1) is 55.4 Å². The third-order valence-electron chi connectivity index (χ3n) is 5.37. The second kappa shape index (κ2) is 6.98. The Hall–Kier alpha value is -3.38. The molecule has 0 amide bonds. The lowest BCUT2D eigenvalue weighted by atomic mass is 9.58. The lowest BCUT2D eigenvalue weighted by Crippen LogP contribution is -2.47. The van der Waals surface area contributed by atoms with Crippen molar-refractivity contribution >= 4 is 17.3 Å². The minimum absolute atomic E-state index is 0.106. The van der Waals surface area contributed by atoms with Gasteiger partial charge < -0.3 is 10.6 Å². The van der Waals surface area contributed by atoms with Gasteiger partial charge in [0, 0.05) is 41.6 Å². The first kappa shape index (κ1) is 19.4. The first-order valence-electron chi connectivity index (χ1n) is 8.36. The van der Waals surface area contributed by atoms with Crippen LogP contribution in [-0.2, 0) is 0 Å². The number of nitro groups is 1. The number of hydrogen-bond acceptors (Lipinski definition) is 7. The number of allylic oxidation sites excluding steroid dienone is 2. The van der Waals surface area contributed by atoms with Crippen LogP contribution in [0.2, 0.25) is 5.02 Å². The summed E-state index contributed by atoms with van der Waals surface area (Å²) in [5, 5.41) is 41.4. The molecule has 1 aromatic rings. The van der Waals surface area contributed by atoms with E-state index in [2.05, 4.69) is 0 Å². The molecule has 2 atom stereocenters. The van der Waals surface area contributed by atoms with Crippen molar-refractivity contribution in [1.29, 1.82) is 15.8 Å². The van der Waals surface area contributed by atoms with Crippen molar-refractivity contribution in [3.63, 3.8) is 0 Å². The maximum atomic E-state index is 11.7. The fraction of sp³-hybridized carbons (Fsp3) is 0.316.